The number of nitrogens with zero attached hydrogens (tertiary/aromatic N) is 7. The second kappa shape index (κ2) is 5.10. The molecule has 0 N–H and O–H groups in total. The highest BCUT2D eigenvalue weighted by Gasteiger charge is 2.12. The number of hydrogen-bond acceptors (Lipinski definition) is 4. The standard InChI is InChI=1S/C15H15N7/c1-2-20-11-16-8-13(20)15-17-6-7-21(15)9-12-4-3-5-14-18-10-19-22(12)14/h3-8,10-11H,2,9H2,1H3. The molecule has 4 rings (SSSR count). The third-order valence-corrected chi connectivity index (χ3v) is 3.71. The maximum absolute atomic E-state index is 4.49. The molecule has 7 heteroatoms. The molecular weight excluding hydrogens is 278 g/mol. The quantitative estimate of drug-likeness (QED) is 0.576. The molecule has 4 aromatic rings. The molecule has 22 heavy (non-hydrogen) atoms. The summed E-state index contributed by atoms with van der Waals surface area (Å²) >= 11 is 0. The number of hydrogen-bond donors (Lipinski definition) is 0. The Morgan fingerprint density at radius 3 is 3.00 bits per heavy atom. The van der Waals surface area contributed by atoms with E-state index in [1.807, 2.05) is 47.6 Å². The zero-order valence-corrected chi connectivity index (χ0v) is 12.2. The molecule has 0 aliphatic rings. The van der Waals surface area contributed by atoms with Gasteiger partial charge in [-0.1, -0.05) is 6.07 Å². The molecule has 0 fully saturated rings. The van der Waals surface area contributed by atoms with Crippen molar-refractivity contribution in [1.29, 1.82) is 0 Å². The molecule has 0 atom stereocenters. The van der Waals surface area contributed by atoms with E-state index < -0.39 is 0 Å². The molecule has 0 radical (unpaired) electrons. The lowest BCUT2D eigenvalue weighted by atomic mass is 10.3. The molecule has 4 aromatic heterocycles. The first kappa shape index (κ1) is 12.8. The van der Waals surface area contributed by atoms with E-state index >= 15 is 0 Å². The van der Waals surface area contributed by atoms with Crippen molar-refractivity contribution in [3.63, 3.8) is 0 Å². The highest BCUT2D eigenvalue weighted by molar-refractivity contribution is 5.49. The number of pyridine rings is 1. The fourth-order valence-corrected chi connectivity index (χ4v) is 2.62. The Hall–Kier alpha value is -2.96. The van der Waals surface area contributed by atoms with Crippen LogP contribution in [0.3, 0.4) is 0 Å². The molecule has 110 valence electrons. The molecule has 0 aliphatic carbocycles. The third-order valence-electron chi connectivity index (χ3n) is 3.71. The zero-order valence-electron chi connectivity index (χ0n) is 12.2. The Morgan fingerprint density at radius 1 is 1.14 bits per heavy atom. The van der Waals surface area contributed by atoms with Crippen LogP contribution in [0.5, 0.6) is 0 Å². The maximum Gasteiger partial charge on any atom is 0.158 e. The molecule has 7 nitrogen and oxygen atoms in total. The van der Waals surface area contributed by atoms with Gasteiger partial charge in [0.25, 0.3) is 0 Å². The van der Waals surface area contributed by atoms with Crippen molar-refractivity contribution in [3.05, 3.63) is 55.1 Å². The summed E-state index contributed by atoms with van der Waals surface area (Å²) in [5.41, 5.74) is 2.91. The van der Waals surface area contributed by atoms with E-state index in [4.69, 9.17) is 0 Å². The lowest BCUT2D eigenvalue weighted by Gasteiger charge is -2.10. The SMILES string of the molecule is CCn1cncc1-c1nccn1Cc1cccc2ncnn12. The van der Waals surface area contributed by atoms with Crippen molar-refractivity contribution in [3.8, 4) is 11.5 Å². The summed E-state index contributed by atoms with van der Waals surface area (Å²) in [4.78, 5) is 12.9. The van der Waals surface area contributed by atoms with Gasteiger partial charge in [-0.2, -0.15) is 5.10 Å². The van der Waals surface area contributed by atoms with Gasteiger partial charge in [-0.15, -0.1) is 0 Å². The van der Waals surface area contributed by atoms with Crippen LogP contribution in [0.2, 0.25) is 0 Å². The number of rotatable bonds is 4. The largest absolute Gasteiger partial charge is 0.328 e. The van der Waals surface area contributed by atoms with Crippen LogP contribution in [-0.2, 0) is 13.1 Å². The van der Waals surface area contributed by atoms with Gasteiger partial charge in [-0.25, -0.2) is 19.5 Å². The molecule has 0 unspecified atom stereocenters. The van der Waals surface area contributed by atoms with E-state index in [2.05, 4.69) is 36.1 Å². The van der Waals surface area contributed by atoms with Gasteiger partial charge in [0, 0.05) is 18.9 Å². The second-order valence-electron chi connectivity index (χ2n) is 4.99. The van der Waals surface area contributed by atoms with Crippen LogP contribution < -0.4 is 0 Å². The minimum Gasteiger partial charge on any atom is -0.328 e. The first-order valence-electron chi connectivity index (χ1n) is 7.16. The Balaban J connectivity index is 1.76. The first-order valence-corrected chi connectivity index (χ1v) is 7.16. The molecule has 4 heterocycles. The first-order chi connectivity index (χ1) is 10.9. The number of imidazole rings is 2. The fraction of sp³-hybridized carbons (Fsp3) is 0.200. The van der Waals surface area contributed by atoms with Crippen molar-refractivity contribution >= 4 is 5.65 Å². The van der Waals surface area contributed by atoms with Gasteiger partial charge in [0.15, 0.2) is 11.5 Å². The highest BCUT2D eigenvalue weighted by Crippen LogP contribution is 2.18. The van der Waals surface area contributed by atoms with E-state index in [1.54, 1.807) is 6.33 Å². The van der Waals surface area contributed by atoms with Gasteiger partial charge in [-0.05, 0) is 19.1 Å². The summed E-state index contributed by atoms with van der Waals surface area (Å²) in [7, 11) is 0. The molecule has 0 saturated carbocycles. The highest BCUT2D eigenvalue weighted by atomic mass is 15.3. The summed E-state index contributed by atoms with van der Waals surface area (Å²) in [6.45, 7) is 3.63. The van der Waals surface area contributed by atoms with E-state index in [9.17, 15) is 0 Å². The van der Waals surface area contributed by atoms with Crippen LogP contribution >= 0.6 is 0 Å². The number of aromatic nitrogens is 7. The normalized spacial score (nSPS) is 11.3. The minimum absolute atomic E-state index is 0.672. The Kier molecular flexibility index (Phi) is 2.96. The van der Waals surface area contributed by atoms with Gasteiger partial charge in [0.2, 0.25) is 0 Å². The maximum atomic E-state index is 4.49. The average Bonchev–Trinajstić information content (AvgIpc) is 3.27. The lowest BCUT2D eigenvalue weighted by Crippen LogP contribution is -2.08. The minimum atomic E-state index is 0.672. The topological polar surface area (TPSA) is 65.8 Å². The van der Waals surface area contributed by atoms with Crippen molar-refractivity contribution in [1.82, 2.24) is 33.7 Å². The Labute approximate surface area is 126 Å². The van der Waals surface area contributed by atoms with Gasteiger partial charge in [0.05, 0.1) is 24.8 Å². The smallest absolute Gasteiger partial charge is 0.158 e. The van der Waals surface area contributed by atoms with Crippen molar-refractivity contribution in [2.45, 2.75) is 20.0 Å². The summed E-state index contributed by atoms with van der Waals surface area (Å²) in [6, 6.07) is 5.98. The van der Waals surface area contributed by atoms with Crippen LogP contribution in [0.4, 0.5) is 0 Å². The molecule has 0 spiro atoms. The molecule has 0 amide bonds. The van der Waals surface area contributed by atoms with Crippen molar-refractivity contribution < 1.29 is 0 Å². The average molecular weight is 293 g/mol. The molecule has 0 saturated heterocycles. The fourth-order valence-electron chi connectivity index (χ4n) is 2.62. The molecular formula is C15H15N7. The van der Waals surface area contributed by atoms with Crippen molar-refractivity contribution in [2.24, 2.45) is 0 Å². The number of aryl methyl sites for hydroxylation is 1. The Morgan fingerprint density at radius 2 is 2.09 bits per heavy atom. The number of fused-ring (bicyclic) bond motifs is 1. The van der Waals surface area contributed by atoms with Crippen LogP contribution in [0, 0.1) is 0 Å². The van der Waals surface area contributed by atoms with Gasteiger partial charge in [-0.3, -0.25) is 0 Å². The molecule has 0 aromatic carbocycles. The van der Waals surface area contributed by atoms with E-state index in [1.165, 1.54) is 0 Å². The van der Waals surface area contributed by atoms with Gasteiger partial charge >= 0.3 is 0 Å². The second-order valence-corrected chi connectivity index (χ2v) is 4.99. The summed E-state index contributed by atoms with van der Waals surface area (Å²) in [5.74, 6) is 0.900. The molecule has 0 bridgehead atoms. The van der Waals surface area contributed by atoms with Crippen molar-refractivity contribution in [2.75, 3.05) is 0 Å². The predicted molar refractivity (Wildman–Crippen MR) is 81.2 cm³/mol. The predicted octanol–water partition coefficient (Wildman–Crippen LogP) is 1.86. The van der Waals surface area contributed by atoms with Gasteiger partial charge < -0.3 is 9.13 Å². The summed E-state index contributed by atoms with van der Waals surface area (Å²) in [5, 5.41) is 4.28. The van der Waals surface area contributed by atoms with Crippen LogP contribution in [0.15, 0.2) is 49.4 Å². The monoisotopic (exact) mass is 293 g/mol. The van der Waals surface area contributed by atoms with Crippen LogP contribution in [-0.4, -0.2) is 33.7 Å². The lowest BCUT2D eigenvalue weighted by molar-refractivity contribution is 0.720. The molecule has 0 aliphatic heterocycles. The van der Waals surface area contributed by atoms with E-state index in [0.29, 0.717) is 6.54 Å². The zero-order chi connectivity index (χ0) is 14.9. The summed E-state index contributed by atoms with van der Waals surface area (Å²) in [6.07, 6.45) is 9.02. The van der Waals surface area contributed by atoms with Crippen LogP contribution in [0.1, 0.15) is 12.6 Å². The van der Waals surface area contributed by atoms with Crippen LogP contribution in [0.25, 0.3) is 17.2 Å². The summed E-state index contributed by atoms with van der Waals surface area (Å²) < 4.78 is 6.02. The Bertz CT molecular complexity index is 915. The van der Waals surface area contributed by atoms with Gasteiger partial charge in [0.1, 0.15) is 12.0 Å². The van der Waals surface area contributed by atoms with E-state index in [0.717, 1.165) is 29.4 Å². The van der Waals surface area contributed by atoms with E-state index in [-0.39, 0.29) is 0 Å². The third kappa shape index (κ3) is 1.98.